The number of alkyl carbamates (subject to hydrolysis) is 1. The second kappa shape index (κ2) is 7.74. The third kappa shape index (κ3) is 7.44. The van der Waals surface area contributed by atoms with E-state index < -0.39 is 27.3 Å². The van der Waals surface area contributed by atoms with Crippen LogP contribution in [0.25, 0.3) is 0 Å². The summed E-state index contributed by atoms with van der Waals surface area (Å²) in [5.41, 5.74) is -0.337. The van der Waals surface area contributed by atoms with E-state index in [1.54, 1.807) is 46.8 Å². The van der Waals surface area contributed by atoms with Crippen molar-refractivity contribution in [1.29, 1.82) is 0 Å². The van der Waals surface area contributed by atoms with E-state index in [9.17, 15) is 13.2 Å². The Morgan fingerprint density at radius 1 is 1.08 bits per heavy atom. The zero-order valence-corrected chi connectivity index (χ0v) is 17.0. The van der Waals surface area contributed by atoms with Crippen molar-refractivity contribution in [2.24, 2.45) is 0 Å². The zero-order chi connectivity index (χ0) is 19.5. The molecule has 0 heterocycles. The number of hydrogen-bond acceptors (Lipinski definition) is 4. The first-order valence-corrected chi connectivity index (χ1v) is 9.81. The molecular weight excluding hydrogens is 340 g/mol. The maximum absolute atomic E-state index is 12.4. The molecule has 0 bridgehead atoms. The van der Waals surface area contributed by atoms with Gasteiger partial charge < -0.3 is 10.1 Å². The van der Waals surface area contributed by atoms with Crippen molar-refractivity contribution in [3.05, 3.63) is 29.8 Å². The van der Waals surface area contributed by atoms with E-state index in [1.165, 1.54) is 0 Å². The standard InChI is InChI=1S/C18H30N2O4S/c1-13(2)14-8-10-15(11-9-14)25(22,23)19-12-18(6,7)20-16(21)24-17(3,4)5/h8-11,13,19H,12H2,1-7H3,(H,20,21). The Balaban J connectivity index is 2.72. The average molecular weight is 371 g/mol. The molecule has 1 rings (SSSR count). The Morgan fingerprint density at radius 2 is 1.60 bits per heavy atom. The fraction of sp³-hybridized carbons (Fsp3) is 0.611. The highest BCUT2D eigenvalue weighted by molar-refractivity contribution is 7.89. The second-order valence-electron chi connectivity index (χ2n) is 8.06. The Labute approximate surface area is 151 Å². The Kier molecular flexibility index (Phi) is 6.64. The van der Waals surface area contributed by atoms with Gasteiger partial charge >= 0.3 is 6.09 Å². The third-order valence-electron chi connectivity index (χ3n) is 3.40. The van der Waals surface area contributed by atoms with E-state index in [-0.39, 0.29) is 11.4 Å². The topological polar surface area (TPSA) is 84.5 Å². The van der Waals surface area contributed by atoms with Crippen LogP contribution in [0.1, 0.15) is 59.9 Å². The molecule has 0 saturated carbocycles. The summed E-state index contributed by atoms with van der Waals surface area (Å²) in [6, 6.07) is 6.80. The monoisotopic (exact) mass is 370 g/mol. The lowest BCUT2D eigenvalue weighted by Gasteiger charge is -2.28. The van der Waals surface area contributed by atoms with Crippen LogP contribution < -0.4 is 10.0 Å². The molecule has 0 aliphatic heterocycles. The molecule has 0 unspecified atom stereocenters. The van der Waals surface area contributed by atoms with Crippen molar-refractivity contribution in [3.8, 4) is 0 Å². The number of amides is 1. The van der Waals surface area contributed by atoms with Crippen LogP contribution in [0.3, 0.4) is 0 Å². The minimum Gasteiger partial charge on any atom is -0.444 e. The summed E-state index contributed by atoms with van der Waals surface area (Å²) in [6.45, 7) is 12.9. The Morgan fingerprint density at radius 3 is 2.04 bits per heavy atom. The molecule has 0 spiro atoms. The van der Waals surface area contributed by atoms with Gasteiger partial charge in [0.15, 0.2) is 0 Å². The molecule has 142 valence electrons. The molecule has 2 N–H and O–H groups in total. The summed E-state index contributed by atoms with van der Waals surface area (Å²) in [4.78, 5) is 12.1. The number of nitrogens with one attached hydrogen (secondary N) is 2. The molecule has 0 aliphatic carbocycles. The molecule has 0 aromatic heterocycles. The number of ether oxygens (including phenoxy) is 1. The van der Waals surface area contributed by atoms with Crippen LogP contribution in [0.5, 0.6) is 0 Å². The maximum atomic E-state index is 12.4. The van der Waals surface area contributed by atoms with Gasteiger partial charge in [0.25, 0.3) is 0 Å². The molecule has 1 aromatic rings. The highest BCUT2D eigenvalue weighted by Gasteiger charge is 2.26. The van der Waals surface area contributed by atoms with Crippen molar-refractivity contribution >= 4 is 16.1 Å². The first-order chi connectivity index (χ1) is 11.2. The van der Waals surface area contributed by atoms with Gasteiger partial charge in [0.1, 0.15) is 5.60 Å². The van der Waals surface area contributed by atoms with Crippen LogP contribution >= 0.6 is 0 Å². The van der Waals surface area contributed by atoms with Gasteiger partial charge in [-0.05, 0) is 58.2 Å². The van der Waals surface area contributed by atoms with Gasteiger partial charge in [0, 0.05) is 6.54 Å². The molecule has 0 atom stereocenters. The number of carbonyl (C=O) groups excluding carboxylic acids is 1. The van der Waals surface area contributed by atoms with E-state index >= 15 is 0 Å². The number of rotatable bonds is 6. The molecule has 25 heavy (non-hydrogen) atoms. The molecule has 1 amide bonds. The Bertz CT molecular complexity index is 687. The van der Waals surface area contributed by atoms with Crippen LogP contribution in [0.4, 0.5) is 4.79 Å². The molecule has 0 fully saturated rings. The van der Waals surface area contributed by atoms with Crippen LogP contribution in [0.15, 0.2) is 29.2 Å². The second-order valence-corrected chi connectivity index (χ2v) is 9.83. The third-order valence-corrected chi connectivity index (χ3v) is 4.82. The average Bonchev–Trinajstić information content (AvgIpc) is 2.43. The first kappa shape index (κ1) is 21.4. The smallest absolute Gasteiger partial charge is 0.408 e. The zero-order valence-electron chi connectivity index (χ0n) is 16.1. The van der Waals surface area contributed by atoms with Gasteiger partial charge in [-0.1, -0.05) is 26.0 Å². The minimum atomic E-state index is -3.65. The van der Waals surface area contributed by atoms with Crippen molar-refractivity contribution in [1.82, 2.24) is 10.0 Å². The van der Waals surface area contributed by atoms with Crippen LogP contribution in [0.2, 0.25) is 0 Å². The SMILES string of the molecule is CC(C)c1ccc(S(=O)(=O)NCC(C)(C)NC(=O)OC(C)(C)C)cc1. The lowest BCUT2D eigenvalue weighted by molar-refractivity contribution is 0.0474. The summed E-state index contributed by atoms with van der Waals surface area (Å²) in [7, 11) is -3.65. The van der Waals surface area contributed by atoms with Crippen molar-refractivity contribution in [2.75, 3.05) is 6.54 Å². The summed E-state index contributed by atoms with van der Waals surface area (Å²) < 4.78 is 32.6. The van der Waals surface area contributed by atoms with Gasteiger partial charge in [0.2, 0.25) is 10.0 Å². The van der Waals surface area contributed by atoms with E-state index in [0.29, 0.717) is 5.92 Å². The summed E-state index contributed by atoms with van der Waals surface area (Å²) in [5, 5.41) is 2.67. The lowest BCUT2D eigenvalue weighted by atomic mass is 10.0. The minimum absolute atomic E-state index is 0.0422. The van der Waals surface area contributed by atoms with E-state index in [1.807, 2.05) is 26.0 Å². The molecule has 0 aliphatic rings. The van der Waals surface area contributed by atoms with E-state index in [2.05, 4.69) is 10.0 Å². The normalized spacial score (nSPS) is 13.0. The molecular formula is C18H30N2O4S. The number of carbonyl (C=O) groups is 1. The summed E-state index contributed by atoms with van der Waals surface area (Å²) >= 11 is 0. The van der Waals surface area contributed by atoms with Gasteiger partial charge in [0.05, 0.1) is 10.4 Å². The highest BCUT2D eigenvalue weighted by atomic mass is 32.2. The lowest BCUT2D eigenvalue weighted by Crippen LogP contribution is -2.52. The molecule has 6 nitrogen and oxygen atoms in total. The molecule has 0 saturated heterocycles. The quantitative estimate of drug-likeness (QED) is 0.804. The predicted octanol–water partition coefficient (Wildman–Crippen LogP) is 3.39. The van der Waals surface area contributed by atoms with Gasteiger partial charge in [-0.2, -0.15) is 0 Å². The molecule has 7 heteroatoms. The van der Waals surface area contributed by atoms with Gasteiger partial charge in [-0.25, -0.2) is 17.9 Å². The van der Waals surface area contributed by atoms with E-state index in [4.69, 9.17) is 4.74 Å². The van der Waals surface area contributed by atoms with Crippen molar-refractivity contribution < 1.29 is 17.9 Å². The largest absolute Gasteiger partial charge is 0.444 e. The number of sulfonamides is 1. The van der Waals surface area contributed by atoms with Crippen LogP contribution in [-0.4, -0.2) is 32.2 Å². The van der Waals surface area contributed by atoms with Gasteiger partial charge in [-0.3, -0.25) is 0 Å². The summed E-state index contributed by atoms with van der Waals surface area (Å²) in [5.74, 6) is 0.335. The van der Waals surface area contributed by atoms with Gasteiger partial charge in [-0.15, -0.1) is 0 Å². The fourth-order valence-electron chi connectivity index (χ4n) is 2.01. The van der Waals surface area contributed by atoms with E-state index in [0.717, 1.165) is 5.56 Å². The summed E-state index contributed by atoms with van der Waals surface area (Å²) in [6.07, 6.45) is -0.585. The molecule has 0 radical (unpaired) electrons. The van der Waals surface area contributed by atoms with Crippen LogP contribution in [-0.2, 0) is 14.8 Å². The first-order valence-electron chi connectivity index (χ1n) is 8.33. The van der Waals surface area contributed by atoms with Crippen molar-refractivity contribution in [2.45, 2.75) is 70.4 Å². The number of hydrogen-bond donors (Lipinski definition) is 2. The Hall–Kier alpha value is -1.60. The highest BCUT2D eigenvalue weighted by Crippen LogP contribution is 2.17. The van der Waals surface area contributed by atoms with Crippen molar-refractivity contribution in [3.63, 3.8) is 0 Å². The number of benzene rings is 1. The van der Waals surface area contributed by atoms with Crippen LogP contribution in [0, 0.1) is 0 Å². The molecule has 1 aromatic carbocycles. The predicted molar refractivity (Wildman–Crippen MR) is 99.2 cm³/mol. The maximum Gasteiger partial charge on any atom is 0.408 e. The fourth-order valence-corrected chi connectivity index (χ4v) is 3.23.